The van der Waals surface area contributed by atoms with Gasteiger partial charge in [0.05, 0.1) is 12.2 Å². The monoisotopic (exact) mass is 267 g/mol. The van der Waals surface area contributed by atoms with Crippen molar-refractivity contribution in [1.29, 1.82) is 5.26 Å². The Morgan fingerprint density at radius 1 is 1.30 bits per heavy atom. The van der Waals surface area contributed by atoms with Gasteiger partial charge in [0.1, 0.15) is 11.9 Å². The number of rotatable bonds is 5. The van der Waals surface area contributed by atoms with Crippen LogP contribution in [0.4, 0.5) is 11.5 Å². The van der Waals surface area contributed by atoms with Gasteiger partial charge in [0.25, 0.3) is 0 Å². The molecule has 0 aliphatic heterocycles. The van der Waals surface area contributed by atoms with E-state index in [1.807, 2.05) is 37.3 Å². The molecule has 0 atom stereocenters. The summed E-state index contributed by atoms with van der Waals surface area (Å²) in [6.45, 7) is 2.56. The quantitative estimate of drug-likeness (QED) is 0.903. The fraction of sp³-hybridized carbons (Fsp3) is 0.250. The number of pyridine rings is 1. The second-order valence-corrected chi connectivity index (χ2v) is 4.49. The number of nitrogens with one attached hydrogen (secondary N) is 1. The van der Waals surface area contributed by atoms with E-state index < -0.39 is 0 Å². The first-order valence-corrected chi connectivity index (χ1v) is 6.46. The topological polar surface area (TPSA) is 57.9 Å². The standard InChI is InChI=1S/C16H17N3O/c1-12-7-9-18-16(14(12)11-17)19-15-6-4-3-5-13(15)8-10-20-2/h3-7,9H,8,10H2,1-2H3,(H,18,19). The van der Waals surface area contributed by atoms with Crippen LogP contribution >= 0.6 is 0 Å². The van der Waals surface area contributed by atoms with Gasteiger partial charge < -0.3 is 10.1 Å². The maximum absolute atomic E-state index is 9.24. The summed E-state index contributed by atoms with van der Waals surface area (Å²) in [5.41, 5.74) is 3.59. The lowest BCUT2D eigenvalue weighted by Crippen LogP contribution is -2.03. The van der Waals surface area contributed by atoms with Crippen molar-refractivity contribution in [1.82, 2.24) is 4.98 Å². The first-order valence-electron chi connectivity index (χ1n) is 6.46. The van der Waals surface area contributed by atoms with Gasteiger partial charge >= 0.3 is 0 Å². The normalized spacial score (nSPS) is 10.1. The molecular weight excluding hydrogens is 250 g/mol. The molecule has 2 rings (SSSR count). The highest BCUT2D eigenvalue weighted by Crippen LogP contribution is 2.23. The third kappa shape index (κ3) is 3.14. The second kappa shape index (κ2) is 6.69. The highest BCUT2D eigenvalue weighted by atomic mass is 16.5. The van der Waals surface area contributed by atoms with Gasteiger partial charge in [0, 0.05) is 19.0 Å². The number of hydrogen-bond acceptors (Lipinski definition) is 4. The van der Waals surface area contributed by atoms with Crippen LogP contribution in [-0.4, -0.2) is 18.7 Å². The molecule has 0 unspecified atom stereocenters. The Labute approximate surface area is 119 Å². The van der Waals surface area contributed by atoms with E-state index in [2.05, 4.69) is 16.4 Å². The molecular formula is C16H17N3O. The molecule has 0 saturated carbocycles. The van der Waals surface area contributed by atoms with Gasteiger partial charge in [-0.2, -0.15) is 5.26 Å². The maximum atomic E-state index is 9.24. The predicted molar refractivity (Wildman–Crippen MR) is 79.0 cm³/mol. The highest BCUT2D eigenvalue weighted by molar-refractivity contribution is 5.66. The van der Waals surface area contributed by atoms with Gasteiger partial charge in [-0.3, -0.25) is 0 Å². The second-order valence-electron chi connectivity index (χ2n) is 4.49. The van der Waals surface area contributed by atoms with Gasteiger partial charge in [0.2, 0.25) is 0 Å². The van der Waals surface area contributed by atoms with Gasteiger partial charge in [-0.25, -0.2) is 4.98 Å². The van der Waals surface area contributed by atoms with Crippen molar-refractivity contribution in [2.24, 2.45) is 0 Å². The summed E-state index contributed by atoms with van der Waals surface area (Å²) in [6, 6.07) is 12.0. The Balaban J connectivity index is 2.31. The Morgan fingerprint density at radius 3 is 2.85 bits per heavy atom. The lowest BCUT2D eigenvalue weighted by Gasteiger charge is -2.12. The zero-order valence-corrected chi connectivity index (χ0v) is 11.7. The van der Waals surface area contributed by atoms with Crippen LogP contribution in [0.15, 0.2) is 36.5 Å². The van der Waals surface area contributed by atoms with Crippen molar-refractivity contribution in [3.63, 3.8) is 0 Å². The lowest BCUT2D eigenvalue weighted by molar-refractivity contribution is 0.202. The molecule has 20 heavy (non-hydrogen) atoms. The number of aryl methyl sites for hydroxylation is 1. The van der Waals surface area contributed by atoms with E-state index in [1.54, 1.807) is 13.3 Å². The van der Waals surface area contributed by atoms with Crippen molar-refractivity contribution in [2.45, 2.75) is 13.3 Å². The molecule has 0 aliphatic carbocycles. The molecule has 0 saturated heterocycles. The van der Waals surface area contributed by atoms with Crippen molar-refractivity contribution >= 4 is 11.5 Å². The van der Waals surface area contributed by atoms with Crippen LogP contribution in [0, 0.1) is 18.3 Å². The molecule has 1 aromatic heterocycles. The van der Waals surface area contributed by atoms with Crippen LogP contribution in [0.3, 0.4) is 0 Å². The molecule has 1 N–H and O–H groups in total. The predicted octanol–water partition coefficient (Wildman–Crippen LogP) is 3.19. The number of anilines is 2. The van der Waals surface area contributed by atoms with E-state index in [0.717, 1.165) is 23.2 Å². The highest BCUT2D eigenvalue weighted by Gasteiger charge is 2.08. The van der Waals surface area contributed by atoms with Crippen LogP contribution in [0.5, 0.6) is 0 Å². The summed E-state index contributed by atoms with van der Waals surface area (Å²) in [5.74, 6) is 0.595. The molecule has 1 aromatic carbocycles. The summed E-state index contributed by atoms with van der Waals surface area (Å²) < 4.78 is 5.12. The number of benzene rings is 1. The molecule has 0 fully saturated rings. The van der Waals surface area contributed by atoms with E-state index in [1.165, 1.54) is 0 Å². The summed E-state index contributed by atoms with van der Waals surface area (Å²) in [7, 11) is 1.69. The fourth-order valence-electron chi connectivity index (χ4n) is 1.99. The largest absolute Gasteiger partial charge is 0.384 e. The number of nitriles is 1. The zero-order chi connectivity index (χ0) is 14.4. The van der Waals surface area contributed by atoms with Crippen molar-refractivity contribution in [3.05, 3.63) is 53.2 Å². The van der Waals surface area contributed by atoms with Crippen molar-refractivity contribution in [2.75, 3.05) is 19.0 Å². The fourth-order valence-corrected chi connectivity index (χ4v) is 1.99. The number of nitrogens with zero attached hydrogens (tertiary/aromatic N) is 2. The molecule has 0 bridgehead atoms. The molecule has 0 spiro atoms. The van der Waals surface area contributed by atoms with Crippen LogP contribution in [0.2, 0.25) is 0 Å². The van der Waals surface area contributed by atoms with Crippen molar-refractivity contribution < 1.29 is 4.74 Å². The summed E-state index contributed by atoms with van der Waals surface area (Å²) in [5, 5.41) is 12.5. The molecule has 102 valence electrons. The average molecular weight is 267 g/mol. The average Bonchev–Trinajstić information content (AvgIpc) is 2.47. The minimum absolute atomic E-state index is 0.578. The first kappa shape index (κ1) is 14.0. The summed E-state index contributed by atoms with van der Waals surface area (Å²) >= 11 is 0. The number of methoxy groups -OCH3 is 1. The minimum Gasteiger partial charge on any atom is -0.384 e. The van der Waals surface area contributed by atoms with Gasteiger partial charge in [-0.1, -0.05) is 18.2 Å². The van der Waals surface area contributed by atoms with Crippen LogP contribution < -0.4 is 5.32 Å². The maximum Gasteiger partial charge on any atom is 0.148 e. The zero-order valence-electron chi connectivity index (χ0n) is 11.7. The molecule has 2 aromatic rings. The first-order chi connectivity index (χ1) is 9.76. The van der Waals surface area contributed by atoms with Crippen LogP contribution in [0.1, 0.15) is 16.7 Å². The Hall–Kier alpha value is -2.38. The van der Waals surface area contributed by atoms with Gasteiger partial charge in [0.15, 0.2) is 0 Å². The molecule has 1 heterocycles. The summed E-state index contributed by atoms with van der Waals surface area (Å²) in [6.07, 6.45) is 2.52. The van der Waals surface area contributed by atoms with Crippen molar-refractivity contribution in [3.8, 4) is 6.07 Å². The summed E-state index contributed by atoms with van der Waals surface area (Å²) in [4.78, 5) is 4.26. The van der Waals surface area contributed by atoms with Gasteiger partial charge in [-0.05, 0) is 36.6 Å². The van der Waals surface area contributed by atoms with E-state index in [4.69, 9.17) is 4.74 Å². The molecule has 0 aliphatic rings. The van der Waals surface area contributed by atoms with E-state index in [9.17, 15) is 5.26 Å². The van der Waals surface area contributed by atoms with E-state index in [0.29, 0.717) is 18.0 Å². The van der Waals surface area contributed by atoms with Gasteiger partial charge in [-0.15, -0.1) is 0 Å². The minimum atomic E-state index is 0.578. The Kier molecular flexibility index (Phi) is 4.70. The smallest absolute Gasteiger partial charge is 0.148 e. The molecule has 0 amide bonds. The third-order valence-electron chi connectivity index (χ3n) is 3.12. The van der Waals surface area contributed by atoms with E-state index in [-0.39, 0.29) is 0 Å². The SMILES string of the molecule is COCCc1ccccc1Nc1nccc(C)c1C#N. The number of hydrogen-bond donors (Lipinski definition) is 1. The molecule has 0 radical (unpaired) electrons. The lowest BCUT2D eigenvalue weighted by atomic mass is 10.1. The van der Waals surface area contributed by atoms with Crippen LogP contribution in [0.25, 0.3) is 0 Å². The third-order valence-corrected chi connectivity index (χ3v) is 3.12. The van der Waals surface area contributed by atoms with E-state index >= 15 is 0 Å². The number of ether oxygens (including phenoxy) is 1. The molecule has 4 heteroatoms. The van der Waals surface area contributed by atoms with Crippen LogP contribution in [-0.2, 0) is 11.2 Å². The number of aromatic nitrogens is 1. The number of para-hydroxylation sites is 1. The Morgan fingerprint density at radius 2 is 2.10 bits per heavy atom. The Bertz CT molecular complexity index is 632. The molecule has 4 nitrogen and oxygen atoms in total.